The molecular weight excluding hydrogens is 220 g/mol. The van der Waals surface area contributed by atoms with Gasteiger partial charge in [-0.15, -0.1) is 0 Å². The van der Waals surface area contributed by atoms with E-state index in [1.165, 1.54) is 7.11 Å². The van der Waals surface area contributed by atoms with E-state index < -0.39 is 8.32 Å². The molecule has 0 saturated carbocycles. The normalized spacial score (nSPS) is 16.8. The van der Waals surface area contributed by atoms with Gasteiger partial charge in [0.25, 0.3) is 0 Å². The van der Waals surface area contributed by atoms with Crippen LogP contribution in [0, 0.1) is 5.92 Å². The van der Waals surface area contributed by atoms with E-state index in [1.807, 2.05) is 13.8 Å². The van der Waals surface area contributed by atoms with E-state index in [1.54, 1.807) is 0 Å². The van der Waals surface area contributed by atoms with E-state index in [4.69, 9.17) is 9.16 Å². The summed E-state index contributed by atoms with van der Waals surface area (Å²) in [5, 5.41) is 0.164. The second kappa shape index (κ2) is 5.32. The van der Waals surface area contributed by atoms with Crippen LogP contribution in [-0.4, -0.2) is 27.5 Å². The first-order valence-corrected chi connectivity index (χ1v) is 8.69. The summed E-state index contributed by atoms with van der Waals surface area (Å²) in [4.78, 5) is 11.4. The minimum atomic E-state index is -1.80. The summed E-state index contributed by atoms with van der Waals surface area (Å²) >= 11 is 0. The molecule has 0 aliphatic heterocycles. The van der Waals surface area contributed by atoms with Gasteiger partial charge in [-0.2, -0.15) is 0 Å². The Bertz CT molecular complexity index is 243. The third-order valence-electron chi connectivity index (χ3n) is 3.56. The quantitative estimate of drug-likeness (QED) is 0.564. The third kappa shape index (κ3) is 3.90. The van der Waals surface area contributed by atoms with Gasteiger partial charge in [-0.25, -0.2) is 0 Å². The Balaban J connectivity index is 4.56. The average molecular weight is 246 g/mol. The van der Waals surface area contributed by atoms with Gasteiger partial charge in [-0.05, 0) is 32.0 Å². The summed E-state index contributed by atoms with van der Waals surface area (Å²) in [5.41, 5.74) is 0. The van der Waals surface area contributed by atoms with Crippen LogP contribution in [0.15, 0.2) is 0 Å². The van der Waals surface area contributed by atoms with E-state index in [2.05, 4.69) is 33.9 Å². The lowest BCUT2D eigenvalue weighted by Gasteiger charge is -2.39. The zero-order valence-corrected chi connectivity index (χ0v) is 12.9. The number of ether oxygens (including phenoxy) is 1. The summed E-state index contributed by atoms with van der Waals surface area (Å²) < 4.78 is 10.9. The van der Waals surface area contributed by atoms with Crippen molar-refractivity contribution in [1.82, 2.24) is 0 Å². The van der Waals surface area contributed by atoms with Gasteiger partial charge in [0.2, 0.25) is 0 Å². The summed E-state index contributed by atoms with van der Waals surface area (Å²) in [6.45, 7) is 14.7. The Hall–Kier alpha value is -0.353. The number of carbonyl (C=O) groups is 1. The number of rotatable bonds is 4. The van der Waals surface area contributed by atoms with Gasteiger partial charge in [-0.1, -0.05) is 20.8 Å². The van der Waals surface area contributed by atoms with Crippen molar-refractivity contribution in [2.45, 2.75) is 58.9 Å². The minimum Gasteiger partial charge on any atom is -0.469 e. The molecule has 0 fully saturated rings. The molecule has 4 heteroatoms. The van der Waals surface area contributed by atoms with E-state index in [0.29, 0.717) is 0 Å². The summed E-state index contributed by atoms with van der Waals surface area (Å²) in [6, 6.07) is 0. The molecule has 0 aromatic heterocycles. The molecule has 0 saturated heterocycles. The molecule has 0 bridgehead atoms. The van der Waals surface area contributed by atoms with E-state index in [-0.39, 0.29) is 23.0 Å². The monoisotopic (exact) mass is 246 g/mol. The van der Waals surface area contributed by atoms with Crippen LogP contribution in [0.1, 0.15) is 34.6 Å². The Labute approximate surface area is 101 Å². The fraction of sp³-hybridized carbons (Fsp3) is 0.917. The topological polar surface area (TPSA) is 35.5 Å². The maximum atomic E-state index is 11.4. The molecule has 0 amide bonds. The lowest BCUT2D eigenvalue weighted by Crippen LogP contribution is -2.45. The average Bonchev–Trinajstić information content (AvgIpc) is 2.12. The second-order valence-corrected chi connectivity index (χ2v) is 10.7. The van der Waals surface area contributed by atoms with Crippen LogP contribution < -0.4 is 0 Å². The molecule has 0 aromatic rings. The largest absolute Gasteiger partial charge is 0.469 e. The SMILES string of the molecule is COC(=O)C(C)[C@H](C)O[Si](C)(C)C(C)(C)C. The number of esters is 1. The minimum absolute atomic E-state index is 0.0895. The number of hydrogen-bond acceptors (Lipinski definition) is 3. The van der Waals surface area contributed by atoms with E-state index >= 15 is 0 Å². The van der Waals surface area contributed by atoms with E-state index in [9.17, 15) is 4.79 Å². The summed E-state index contributed by atoms with van der Waals surface area (Å²) in [7, 11) is -0.383. The first-order chi connectivity index (χ1) is 7.03. The highest BCUT2D eigenvalue weighted by molar-refractivity contribution is 6.74. The molecule has 0 rings (SSSR count). The zero-order chi connectivity index (χ0) is 13.1. The first-order valence-electron chi connectivity index (χ1n) is 5.78. The van der Waals surface area contributed by atoms with Crippen LogP contribution in [0.25, 0.3) is 0 Å². The standard InChI is InChI=1S/C12H26O3Si/c1-9(11(13)14-6)10(2)15-16(7,8)12(3,4)5/h9-10H,1-8H3/t9?,10-/m0/s1. The predicted octanol–water partition coefficient (Wildman–Crippen LogP) is 3.21. The zero-order valence-electron chi connectivity index (χ0n) is 11.9. The van der Waals surface area contributed by atoms with Crippen molar-refractivity contribution < 1.29 is 14.0 Å². The van der Waals surface area contributed by atoms with Gasteiger partial charge >= 0.3 is 5.97 Å². The molecule has 1 unspecified atom stereocenters. The Morgan fingerprint density at radius 3 is 1.94 bits per heavy atom. The fourth-order valence-electron chi connectivity index (χ4n) is 1.12. The molecule has 96 valence electrons. The molecule has 0 aliphatic carbocycles. The van der Waals surface area contributed by atoms with Gasteiger partial charge in [-0.3, -0.25) is 4.79 Å². The fourth-order valence-corrected chi connectivity index (χ4v) is 2.61. The molecule has 3 nitrogen and oxygen atoms in total. The predicted molar refractivity (Wildman–Crippen MR) is 68.9 cm³/mol. The van der Waals surface area contributed by atoms with Crippen molar-refractivity contribution in [3.05, 3.63) is 0 Å². The highest BCUT2D eigenvalue weighted by Crippen LogP contribution is 2.38. The molecule has 0 aliphatic rings. The number of carbonyl (C=O) groups excluding carboxylic acids is 1. The Morgan fingerprint density at radius 1 is 1.19 bits per heavy atom. The van der Waals surface area contributed by atoms with Crippen LogP contribution in [0.2, 0.25) is 18.1 Å². The summed E-state index contributed by atoms with van der Waals surface area (Å²) in [6.07, 6.45) is -0.0895. The molecular formula is C12H26O3Si. The van der Waals surface area contributed by atoms with E-state index in [0.717, 1.165) is 0 Å². The van der Waals surface area contributed by atoms with Crippen molar-refractivity contribution in [3.63, 3.8) is 0 Å². The lowest BCUT2D eigenvalue weighted by molar-refractivity contribution is -0.147. The van der Waals surface area contributed by atoms with Gasteiger partial charge in [0, 0.05) is 0 Å². The summed E-state index contributed by atoms with van der Waals surface area (Å²) in [5.74, 6) is -0.412. The van der Waals surface area contributed by atoms with Gasteiger partial charge in [0.05, 0.1) is 19.1 Å². The molecule has 0 heterocycles. The van der Waals surface area contributed by atoms with Crippen molar-refractivity contribution >= 4 is 14.3 Å². The highest BCUT2D eigenvalue weighted by atomic mass is 28.4. The molecule has 0 spiro atoms. The third-order valence-corrected chi connectivity index (χ3v) is 8.14. The van der Waals surface area contributed by atoms with Crippen molar-refractivity contribution in [2.75, 3.05) is 7.11 Å². The lowest BCUT2D eigenvalue weighted by atomic mass is 10.1. The van der Waals surface area contributed by atoms with Gasteiger partial charge < -0.3 is 9.16 Å². The molecule has 16 heavy (non-hydrogen) atoms. The molecule has 0 aromatic carbocycles. The van der Waals surface area contributed by atoms with Crippen molar-refractivity contribution in [1.29, 1.82) is 0 Å². The van der Waals surface area contributed by atoms with Crippen LogP contribution in [0.5, 0.6) is 0 Å². The maximum Gasteiger partial charge on any atom is 0.310 e. The van der Waals surface area contributed by atoms with Crippen LogP contribution in [0.3, 0.4) is 0 Å². The van der Waals surface area contributed by atoms with Crippen LogP contribution >= 0.6 is 0 Å². The van der Waals surface area contributed by atoms with Crippen LogP contribution in [0.4, 0.5) is 0 Å². The Kier molecular flexibility index (Phi) is 5.20. The van der Waals surface area contributed by atoms with Crippen molar-refractivity contribution in [3.8, 4) is 0 Å². The molecule has 0 radical (unpaired) electrons. The van der Waals surface area contributed by atoms with Gasteiger partial charge in [0.15, 0.2) is 8.32 Å². The molecule has 2 atom stereocenters. The second-order valence-electron chi connectivity index (χ2n) is 5.90. The van der Waals surface area contributed by atoms with Crippen LogP contribution in [-0.2, 0) is 14.0 Å². The highest BCUT2D eigenvalue weighted by Gasteiger charge is 2.40. The maximum absolute atomic E-state index is 11.4. The van der Waals surface area contributed by atoms with Crippen molar-refractivity contribution in [2.24, 2.45) is 5.92 Å². The molecule has 0 N–H and O–H groups in total. The van der Waals surface area contributed by atoms with Gasteiger partial charge in [0.1, 0.15) is 0 Å². The number of methoxy groups -OCH3 is 1. The Morgan fingerprint density at radius 2 is 1.62 bits per heavy atom. The number of hydrogen-bond donors (Lipinski definition) is 0. The smallest absolute Gasteiger partial charge is 0.310 e. The first kappa shape index (κ1) is 15.6.